The number of nitrogens with zero attached hydrogens (tertiary/aromatic N) is 1. The van der Waals surface area contributed by atoms with Crippen molar-refractivity contribution in [2.24, 2.45) is 0 Å². The van der Waals surface area contributed by atoms with E-state index < -0.39 is 42.3 Å². The van der Waals surface area contributed by atoms with Crippen LogP contribution in [0.25, 0.3) is 0 Å². The summed E-state index contributed by atoms with van der Waals surface area (Å²) in [6.07, 6.45) is 1.65. The number of ether oxygens (including phenoxy) is 2. The number of halogens is 4. The number of rotatable bonds is 9. The van der Waals surface area contributed by atoms with Crippen LogP contribution in [0.2, 0.25) is 20.1 Å². The van der Waals surface area contributed by atoms with E-state index in [0.717, 1.165) is 12.8 Å². The van der Waals surface area contributed by atoms with Crippen LogP contribution < -0.4 is 5.32 Å². The average Bonchev–Trinajstić information content (AvgIpc) is 3.14. The predicted octanol–water partition coefficient (Wildman–Crippen LogP) is 5.42. The Kier molecular flexibility index (Phi) is 9.41. The van der Waals surface area contributed by atoms with Gasteiger partial charge in [-0.1, -0.05) is 59.7 Å². The molecule has 0 radical (unpaired) electrons. The van der Waals surface area contributed by atoms with Crippen molar-refractivity contribution in [3.05, 3.63) is 61.0 Å². The van der Waals surface area contributed by atoms with Gasteiger partial charge in [0.1, 0.15) is 6.04 Å². The molecule has 2 aromatic rings. The number of imide groups is 1. The molecule has 0 bridgehead atoms. The highest BCUT2D eigenvalue weighted by atomic mass is 35.5. The standard InChI is InChI=1S/C24H20Cl4N2O7/c1-3-4-9-36-24(35)12-5-7-13(8-6-12)29-14(31)10-37-23(34)11(2)30-21(32)15-16(22(30)33)18(26)20(28)19(27)17(15)25/h5-8,11H,3-4,9-10H2,1-2H3,(H,29,31)/t11-/m1/s1. The van der Waals surface area contributed by atoms with Gasteiger partial charge in [-0.05, 0) is 37.6 Å². The first-order chi connectivity index (χ1) is 17.5. The van der Waals surface area contributed by atoms with Crippen LogP contribution in [0.4, 0.5) is 5.69 Å². The molecule has 0 aliphatic carbocycles. The minimum absolute atomic E-state index is 0.205. The second-order valence-corrected chi connectivity index (χ2v) is 9.40. The minimum atomic E-state index is -1.41. The smallest absolute Gasteiger partial charge is 0.338 e. The lowest BCUT2D eigenvalue weighted by molar-refractivity contribution is -0.150. The SMILES string of the molecule is CCCCOC(=O)c1ccc(NC(=O)COC(=O)[C@@H](C)N2C(=O)c3c(Cl)c(Cl)c(Cl)c(Cl)c3C2=O)cc1. The number of anilines is 1. The number of benzene rings is 2. The molecule has 9 nitrogen and oxygen atoms in total. The second kappa shape index (κ2) is 12.1. The summed E-state index contributed by atoms with van der Waals surface area (Å²) < 4.78 is 10.1. The summed E-state index contributed by atoms with van der Waals surface area (Å²) in [6.45, 7) is 2.84. The highest BCUT2D eigenvalue weighted by Crippen LogP contribution is 2.45. The fraction of sp³-hybridized carbons (Fsp3) is 0.292. The lowest BCUT2D eigenvalue weighted by atomic mass is 10.1. The van der Waals surface area contributed by atoms with Crippen molar-refractivity contribution in [1.82, 2.24) is 4.90 Å². The van der Waals surface area contributed by atoms with E-state index in [2.05, 4.69) is 5.32 Å². The fourth-order valence-corrected chi connectivity index (χ4v) is 4.37. The van der Waals surface area contributed by atoms with Gasteiger partial charge in [0.25, 0.3) is 17.7 Å². The molecule has 1 aliphatic rings. The van der Waals surface area contributed by atoms with E-state index in [1.54, 1.807) is 0 Å². The van der Waals surface area contributed by atoms with Crippen molar-refractivity contribution in [2.75, 3.05) is 18.5 Å². The Morgan fingerprint density at radius 1 is 0.892 bits per heavy atom. The van der Waals surface area contributed by atoms with Crippen LogP contribution in [0, 0.1) is 0 Å². The van der Waals surface area contributed by atoms with Crippen molar-refractivity contribution in [3.63, 3.8) is 0 Å². The highest BCUT2D eigenvalue weighted by molar-refractivity contribution is 6.55. The molecular formula is C24H20Cl4N2O7. The minimum Gasteiger partial charge on any atom is -0.462 e. The number of carbonyl (C=O) groups is 5. The molecule has 37 heavy (non-hydrogen) atoms. The van der Waals surface area contributed by atoms with E-state index >= 15 is 0 Å². The normalized spacial score (nSPS) is 13.3. The zero-order valence-electron chi connectivity index (χ0n) is 19.5. The molecule has 0 saturated carbocycles. The summed E-state index contributed by atoms with van der Waals surface area (Å²) in [5, 5.41) is 1.55. The predicted molar refractivity (Wildman–Crippen MR) is 138 cm³/mol. The first-order valence-electron chi connectivity index (χ1n) is 11.0. The van der Waals surface area contributed by atoms with Crippen LogP contribution in [0.5, 0.6) is 0 Å². The second-order valence-electron chi connectivity index (χ2n) is 7.88. The lowest BCUT2D eigenvalue weighted by Gasteiger charge is -2.20. The Labute approximate surface area is 231 Å². The summed E-state index contributed by atoms with van der Waals surface area (Å²) in [5.74, 6) is -4.01. The number of amides is 3. The van der Waals surface area contributed by atoms with E-state index in [9.17, 15) is 24.0 Å². The summed E-state index contributed by atoms with van der Waals surface area (Å²) in [4.78, 5) is 63.0. The maximum Gasteiger partial charge on any atom is 0.338 e. The molecule has 3 amide bonds. The first-order valence-corrected chi connectivity index (χ1v) is 12.5. The van der Waals surface area contributed by atoms with E-state index in [4.69, 9.17) is 55.9 Å². The Hall–Kier alpha value is -2.85. The van der Waals surface area contributed by atoms with Crippen LogP contribution in [-0.4, -0.2) is 53.8 Å². The molecule has 1 heterocycles. The lowest BCUT2D eigenvalue weighted by Crippen LogP contribution is -2.44. The average molecular weight is 590 g/mol. The van der Waals surface area contributed by atoms with Crippen molar-refractivity contribution >= 4 is 81.8 Å². The third-order valence-corrected chi connectivity index (χ3v) is 7.14. The Bertz CT molecular complexity index is 1230. The zero-order chi connectivity index (χ0) is 27.4. The van der Waals surface area contributed by atoms with E-state index in [0.29, 0.717) is 22.8 Å². The third kappa shape index (κ3) is 6.01. The van der Waals surface area contributed by atoms with Gasteiger partial charge in [-0.3, -0.25) is 19.3 Å². The number of fused-ring (bicyclic) bond motifs is 1. The Morgan fingerprint density at radius 3 is 1.95 bits per heavy atom. The van der Waals surface area contributed by atoms with Crippen LogP contribution >= 0.6 is 46.4 Å². The van der Waals surface area contributed by atoms with Crippen LogP contribution in [0.15, 0.2) is 24.3 Å². The topological polar surface area (TPSA) is 119 Å². The molecule has 1 aliphatic heterocycles. The number of hydrogen-bond donors (Lipinski definition) is 1. The summed E-state index contributed by atoms with van der Waals surface area (Å²) in [7, 11) is 0. The zero-order valence-corrected chi connectivity index (χ0v) is 22.6. The molecule has 0 spiro atoms. The fourth-order valence-electron chi connectivity index (χ4n) is 3.36. The Morgan fingerprint density at radius 2 is 1.43 bits per heavy atom. The van der Waals surface area contributed by atoms with Crippen LogP contribution in [0.3, 0.4) is 0 Å². The van der Waals surface area contributed by atoms with Gasteiger partial charge in [-0.15, -0.1) is 0 Å². The molecular weight excluding hydrogens is 570 g/mol. The Balaban J connectivity index is 1.59. The molecule has 0 aromatic heterocycles. The van der Waals surface area contributed by atoms with Crippen molar-refractivity contribution in [1.29, 1.82) is 0 Å². The quantitative estimate of drug-likeness (QED) is 0.136. The van der Waals surface area contributed by atoms with Crippen molar-refractivity contribution in [3.8, 4) is 0 Å². The van der Waals surface area contributed by atoms with Gasteiger partial charge < -0.3 is 14.8 Å². The van der Waals surface area contributed by atoms with Gasteiger partial charge in [-0.25, -0.2) is 9.59 Å². The van der Waals surface area contributed by atoms with Crippen molar-refractivity contribution < 1.29 is 33.4 Å². The number of unbranched alkanes of at least 4 members (excludes halogenated alkanes) is 1. The molecule has 1 N–H and O–H groups in total. The summed E-state index contributed by atoms with van der Waals surface area (Å²) in [5.41, 5.74) is 0.109. The maximum absolute atomic E-state index is 12.9. The van der Waals surface area contributed by atoms with Crippen LogP contribution in [-0.2, 0) is 19.1 Å². The number of nitrogens with one attached hydrogen (secondary N) is 1. The molecule has 3 rings (SSSR count). The molecule has 13 heteroatoms. The highest BCUT2D eigenvalue weighted by Gasteiger charge is 2.45. The number of carbonyl (C=O) groups excluding carboxylic acids is 5. The van der Waals surface area contributed by atoms with Gasteiger partial charge in [0.15, 0.2) is 6.61 Å². The van der Waals surface area contributed by atoms with Gasteiger partial charge in [0, 0.05) is 5.69 Å². The van der Waals surface area contributed by atoms with Gasteiger partial charge in [-0.2, -0.15) is 0 Å². The molecule has 1 atom stereocenters. The largest absolute Gasteiger partial charge is 0.462 e. The van der Waals surface area contributed by atoms with E-state index in [-0.39, 0.29) is 31.2 Å². The van der Waals surface area contributed by atoms with Crippen LogP contribution in [0.1, 0.15) is 57.8 Å². The molecule has 0 fully saturated rings. The molecule has 2 aromatic carbocycles. The number of hydrogen-bond acceptors (Lipinski definition) is 7. The monoisotopic (exact) mass is 588 g/mol. The number of esters is 2. The van der Waals surface area contributed by atoms with Gasteiger partial charge in [0.05, 0.1) is 43.4 Å². The van der Waals surface area contributed by atoms with Crippen molar-refractivity contribution in [2.45, 2.75) is 32.7 Å². The summed E-state index contributed by atoms with van der Waals surface area (Å²) >= 11 is 24.1. The molecule has 196 valence electrons. The molecule has 0 saturated heterocycles. The summed E-state index contributed by atoms with van der Waals surface area (Å²) in [6, 6.07) is 4.52. The molecule has 0 unspecified atom stereocenters. The van der Waals surface area contributed by atoms with E-state index in [1.165, 1.54) is 31.2 Å². The van der Waals surface area contributed by atoms with E-state index in [1.807, 2.05) is 6.92 Å². The maximum atomic E-state index is 12.9. The van der Waals surface area contributed by atoms with Gasteiger partial charge in [0.2, 0.25) is 0 Å². The first kappa shape index (κ1) is 28.7. The van der Waals surface area contributed by atoms with Gasteiger partial charge >= 0.3 is 11.9 Å². The third-order valence-electron chi connectivity index (χ3n) is 5.34.